The molecule has 3 nitrogen and oxygen atoms in total. The van der Waals surface area contributed by atoms with Crippen molar-refractivity contribution in [3.05, 3.63) is 0 Å². The molecule has 2 aliphatic rings. The van der Waals surface area contributed by atoms with Crippen molar-refractivity contribution >= 4 is 0 Å². The van der Waals surface area contributed by atoms with Crippen molar-refractivity contribution in [3.8, 4) is 0 Å². The van der Waals surface area contributed by atoms with E-state index in [-0.39, 0.29) is 19.3 Å². The number of hydrogen-bond donors (Lipinski definition) is 1. The highest BCUT2D eigenvalue weighted by Gasteiger charge is 2.48. The van der Waals surface area contributed by atoms with Crippen LogP contribution >= 0.6 is 0 Å². The van der Waals surface area contributed by atoms with Gasteiger partial charge in [-0.05, 0) is 45.8 Å². The summed E-state index contributed by atoms with van der Waals surface area (Å²) >= 11 is 0. The van der Waals surface area contributed by atoms with Gasteiger partial charge >= 0.3 is 6.18 Å². The van der Waals surface area contributed by atoms with Gasteiger partial charge in [-0.2, -0.15) is 13.2 Å². The van der Waals surface area contributed by atoms with Gasteiger partial charge in [-0.15, -0.1) is 0 Å². The van der Waals surface area contributed by atoms with Crippen LogP contribution in [0.3, 0.4) is 0 Å². The maximum absolute atomic E-state index is 13.1. The first-order chi connectivity index (χ1) is 8.88. The number of halogens is 3. The Balaban J connectivity index is 2.08. The molecule has 0 spiro atoms. The van der Waals surface area contributed by atoms with Gasteiger partial charge in [0.15, 0.2) is 0 Å². The highest BCUT2D eigenvalue weighted by atomic mass is 19.4. The van der Waals surface area contributed by atoms with Crippen molar-refractivity contribution in [1.82, 2.24) is 9.80 Å². The van der Waals surface area contributed by atoms with Gasteiger partial charge in [0.2, 0.25) is 0 Å². The van der Waals surface area contributed by atoms with E-state index in [0.29, 0.717) is 13.1 Å². The number of nitrogens with zero attached hydrogens (tertiary/aromatic N) is 2. The van der Waals surface area contributed by atoms with Gasteiger partial charge in [-0.3, -0.25) is 4.90 Å². The van der Waals surface area contributed by atoms with Gasteiger partial charge in [0.1, 0.15) is 0 Å². The average molecular weight is 280 g/mol. The molecule has 2 rings (SSSR count). The SMILES string of the molecule is CN1CCCN(C2CC(O)CCC2C(F)(F)F)CC1. The molecule has 0 aromatic carbocycles. The first-order valence-electron chi connectivity index (χ1n) is 7.05. The topological polar surface area (TPSA) is 26.7 Å². The Morgan fingerprint density at radius 2 is 1.79 bits per heavy atom. The molecule has 1 N–H and O–H groups in total. The van der Waals surface area contributed by atoms with Crippen molar-refractivity contribution in [2.75, 3.05) is 33.2 Å². The molecule has 0 radical (unpaired) electrons. The van der Waals surface area contributed by atoms with Crippen LogP contribution in [0.1, 0.15) is 25.7 Å². The lowest BCUT2D eigenvalue weighted by atomic mass is 9.81. The van der Waals surface area contributed by atoms with Crippen LogP contribution in [0.4, 0.5) is 13.2 Å². The molecule has 1 saturated heterocycles. The van der Waals surface area contributed by atoms with Gasteiger partial charge in [0.25, 0.3) is 0 Å². The molecule has 1 aliphatic heterocycles. The van der Waals surface area contributed by atoms with Crippen molar-refractivity contribution in [2.24, 2.45) is 5.92 Å². The van der Waals surface area contributed by atoms with Gasteiger partial charge in [0, 0.05) is 19.1 Å². The molecule has 3 atom stereocenters. The van der Waals surface area contributed by atoms with E-state index in [1.54, 1.807) is 0 Å². The van der Waals surface area contributed by atoms with Crippen LogP contribution in [-0.2, 0) is 0 Å². The number of likely N-dealkylation sites (N-methyl/N-ethyl adjacent to an activating group) is 1. The van der Waals surface area contributed by atoms with E-state index in [4.69, 9.17) is 0 Å². The number of aliphatic hydroxyl groups is 1. The summed E-state index contributed by atoms with van der Waals surface area (Å²) in [4.78, 5) is 4.10. The monoisotopic (exact) mass is 280 g/mol. The number of alkyl halides is 3. The van der Waals surface area contributed by atoms with Crippen LogP contribution < -0.4 is 0 Å². The second-order valence-electron chi connectivity index (χ2n) is 5.88. The number of rotatable bonds is 1. The predicted molar refractivity (Wildman–Crippen MR) is 66.9 cm³/mol. The highest BCUT2D eigenvalue weighted by molar-refractivity contribution is 4.91. The summed E-state index contributed by atoms with van der Waals surface area (Å²) in [5.41, 5.74) is 0. The smallest absolute Gasteiger partial charge is 0.393 e. The summed E-state index contributed by atoms with van der Waals surface area (Å²) in [6.45, 7) is 3.11. The molecule has 1 aliphatic carbocycles. The fraction of sp³-hybridized carbons (Fsp3) is 1.00. The second kappa shape index (κ2) is 5.97. The standard InChI is InChI=1S/C13H23F3N2O/c1-17-5-2-6-18(8-7-17)12-9-10(19)3-4-11(12)13(14,15)16/h10-12,19H,2-9H2,1H3. The molecule has 1 heterocycles. The van der Waals surface area contributed by atoms with Gasteiger partial charge in [0.05, 0.1) is 12.0 Å². The normalized spacial score (nSPS) is 36.2. The van der Waals surface area contributed by atoms with Crippen LogP contribution in [-0.4, -0.2) is 66.5 Å². The van der Waals surface area contributed by atoms with Crippen molar-refractivity contribution in [2.45, 2.75) is 44.0 Å². The van der Waals surface area contributed by atoms with Crippen LogP contribution in [0.25, 0.3) is 0 Å². The molecule has 0 bridgehead atoms. The summed E-state index contributed by atoms with van der Waals surface area (Å²) in [7, 11) is 2.00. The van der Waals surface area contributed by atoms with Crippen LogP contribution in [0.5, 0.6) is 0 Å². The zero-order valence-corrected chi connectivity index (χ0v) is 11.4. The third-order valence-corrected chi connectivity index (χ3v) is 4.43. The van der Waals surface area contributed by atoms with E-state index in [2.05, 4.69) is 4.90 Å². The minimum Gasteiger partial charge on any atom is -0.393 e. The van der Waals surface area contributed by atoms with E-state index in [1.165, 1.54) is 0 Å². The fourth-order valence-electron chi connectivity index (χ4n) is 3.31. The Bertz CT molecular complexity index is 298. The summed E-state index contributed by atoms with van der Waals surface area (Å²) in [5.74, 6) is -1.28. The molecule has 3 unspecified atom stereocenters. The Hall–Kier alpha value is -0.330. The maximum Gasteiger partial charge on any atom is 0.393 e. The van der Waals surface area contributed by atoms with Crippen LogP contribution in [0.2, 0.25) is 0 Å². The van der Waals surface area contributed by atoms with Crippen molar-refractivity contribution in [1.29, 1.82) is 0 Å². The summed E-state index contributed by atoms with van der Waals surface area (Å²) in [5, 5.41) is 9.71. The van der Waals surface area contributed by atoms with Crippen LogP contribution in [0.15, 0.2) is 0 Å². The molecule has 2 fully saturated rings. The summed E-state index contributed by atoms with van der Waals surface area (Å²) < 4.78 is 39.4. The molecule has 1 saturated carbocycles. The van der Waals surface area contributed by atoms with E-state index in [0.717, 1.165) is 19.5 Å². The minimum atomic E-state index is -4.15. The minimum absolute atomic E-state index is 0.0572. The first kappa shape index (κ1) is 15.1. The number of hydrogen-bond acceptors (Lipinski definition) is 3. The van der Waals surface area contributed by atoms with Crippen LogP contribution in [0, 0.1) is 5.92 Å². The zero-order chi connectivity index (χ0) is 14.0. The molecule has 112 valence electrons. The lowest BCUT2D eigenvalue weighted by Crippen LogP contribution is -2.51. The highest BCUT2D eigenvalue weighted by Crippen LogP contribution is 2.40. The Morgan fingerprint density at radius 1 is 1.05 bits per heavy atom. The lowest BCUT2D eigenvalue weighted by molar-refractivity contribution is -0.204. The molecule has 0 aromatic rings. The second-order valence-corrected chi connectivity index (χ2v) is 5.88. The predicted octanol–water partition coefficient (Wildman–Crippen LogP) is 1.72. The van der Waals surface area contributed by atoms with E-state index >= 15 is 0 Å². The van der Waals surface area contributed by atoms with Gasteiger partial charge < -0.3 is 10.0 Å². The van der Waals surface area contributed by atoms with E-state index < -0.39 is 24.2 Å². The first-order valence-corrected chi connectivity index (χ1v) is 7.05. The Kier molecular flexibility index (Phi) is 4.74. The van der Waals surface area contributed by atoms with Crippen molar-refractivity contribution < 1.29 is 18.3 Å². The molecular weight excluding hydrogens is 257 g/mol. The molecule has 0 amide bonds. The van der Waals surface area contributed by atoms with E-state index in [9.17, 15) is 18.3 Å². The van der Waals surface area contributed by atoms with Gasteiger partial charge in [-0.1, -0.05) is 0 Å². The zero-order valence-electron chi connectivity index (χ0n) is 11.4. The molecule has 0 aromatic heterocycles. The molecule has 19 heavy (non-hydrogen) atoms. The largest absolute Gasteiger partial charge is 0.393 e. The lowest BCUT2D eigenvalue weighted by Gasteiger charge is -2.41. The third kappa shape index (κ3) is 3.83. The molecule has 6 heteroatoms. The van der Waals surface area contributed by atoms with Crippen molar-refractivity contribution in [3.63, 3.8) is 0 Å². The Morgan fingerprint density at radius 3 is 2.47 bits per heavy atom. The number of aliphatic hydroxyl groups excluding tert-OH is 1. The average Bonchev–Trinajstić information content (AvgIpc) is 2.52. The summed E-state index contributed by atoms with van der Waals surface area (Å²) in [6.07, 6.45) is -3.25. The molecular formula is C13H23F3N2O. The maximum atomic E-state index is 13.1. The third-order valence-electron chi connectivity index (χ3n) is 4.43. The fourth-order valence-corrected chi connectivity index (χ4v) is 3.31. The van der Waals surface area contributed by atoms with E-state index in [1.807, 2.05) is 11.9 Å². The Labute approximate surface area is 112 Å². The quantitative estimate of drug-likeness (QED) is 0.792. The van der Waals surface area contributed by atoms with Gasteiger partial charge in [-0.25, -0.2) is 0 Å². The summed E-state index contributed by atoms with van der Waals surface area (Å²) in [6, 6.07) is -0.546.